The second-order valence-electron chi connectivity index (χ2n) is 6.36. The zero-order valence-corrected chi connectivity index (χ0v) is 15.3. The molecule has 1 heterocycles. The molecular weight excluding hydrogens is 397 g/mol. The molecule has 0 aromatic heterocycles. The Labute approximate surface area is 159 Å². The van der Waals surface area contributed by atoms with E-state index < -0.39 is 39.5 Å². The van der Waals surface area contributed by atoms with Crippen LogP contribution in [0.15, 0.2) is 48.5 Å². The third kappa shape index (κ3) is 3.86. The van der Waals surface area contributed by atoms with Gasteiger partial charge < -0.3 is 5.32 Å². The fourth-order valence-electron chi connectivity index (χ4n) is 2.81. The van der Waals surface area contributed by atoms with Crippen LogP contribution in [0.5, 0.6) is 0 Å². The van der Waals surface area contributed by atoms with Gasteiger partial charge in [-0.3, -0.25) is 9.59 Å². The lowest BCUT2D eigenvalue weighted by atomic mass is 10.1. The summed E-state index contributed by atoms with van der Waals surface area (Å²) in [5, 5.41) is 2.35. The molecule has 6 nitrogen and oxygen atoms in total. The quantitative estimate of drug-likeness (QED) is 0.839. The van der Waals surface area contributed by atoms with Crippen LogP contribution in [-0.2, 0) is 21.0 Å². The normalized spacial score (nSPS) is 18.9. The van der Waals surface area contributed by atoms with Crippen LogP contribution >= 0.6 is 0 Å². The van der Waals surface area contributed by atoms with Gasteiger partial charge in [0.2, 0.25) is 15.9 Å². The van der Waals surface area contributed by atoms with Gasteiger partial charge in [-0.1, -0.05) is 13.0 Å². The van der Waals surface area contributed by atoms with E-state index in [1.54, 1.807) is 0 Å². The van der Waals surface area contributed by atoms with E-state index >= 15 is 0 Å². The molecule has 0 unspecified atom stereocenters. The first-order chi connectivity index (χ1) is 13.0. The monoisotopic (exact) mass is 412 g/mol. The Morgan fingerprint density at radius 2 is 1.79 bits per heavy atom. The van der Waals surface area contributed by atoms with Crippen molar-refractivity contribution in [2.75, 3.05) is 15.4 Å². The second kappa shape index (κ2) is 6.93. The molecule has 0 radical (unpaired) electrons. The first-order valence-electron chi connectivity index (χ1n) is 8.14. The number of amides is 2. The highest BCUT2D eigenvalue weighted by Crippen LogP contribution is 2.31. The van der Waals surface area contributed by atoms with Crippen LogP contribution in [0.25, 0.3) is 0 Å². The van der Waals surface area contributed by atoms with Crippen molar-refractivity contribution in [1.82, 2.24) is 0 Å². The van der Waals surface area contributed by atoms with Crippen molar-refractivity contribution in [2.24, 2.45) is 5.92 Å². The van der Waals surface area contributed by atoms with Crippen LogP contribution in [0, 0.1) is 5.92 Å². The number of hydrogen-bond donors (Lipinski definition) is 1. The lowest BCUT2D eigenvalue weighted by molar-refractivity contribution is -0.137. The first-order valence-corrected chi connectivity index (χ1v) is 9.75. The van der Waals surface area contributed by atoms with Crippen LogP contribution in [-0.4, -0.2) is 26.0 Å². The maximum atomic E-state index is 12.7. The van der Waals surface area contributed by atoms with Gasteiger partial charge in [-0.05, 0) is 42.5 Å². The van der Waals surface area contributed by atoms with Crippen molar-refractivity contribution >= 4 is 33.2 Å². The average Bonchev–Trinajstić information content (AvgIpc) is 2.81. The minimum atomic E-state index is -4.53. The van der Waals surface area contributed by atoms with Gasteiger partial charge >= 0.3 is 6.18 Å². The number of carbonyl (C=O) groups excluding carboxylic acids is 2. The molecular formula is C18H15F3N2O4S. The third-order valence-corrected chi connectivity index (χ3v) is 6.04. The Kier molecular flexibility index (Phi) is 4.92. The van der Waals surface area contributed by atoms with E-state index in [1.807, 2.05) is 0 Å². The number of anilines is 2. The molecule has 0 bridgehead atoms. The zero-order valence-electron chi connectivity index (χ0n) is 14.5. The zero-order chi connectivity index (χ0) is 20.7. The van der Waals surface area contributed by atoms with E-state index in [4.69, 9.17) is 0 Å². The summed E-state index contributed by atoms with van der Waals surface area (Å²) in [5.74, 6) is -2.17. The van der Waals surface area contributed by atoms with E-state index in [1.165, 1.54) is 43.3 Å². The molecule has 28 heavy (non-hydrogen) atoms. The number of sulfonamides is 1. The van der Waals surface area contributed by atoms with E-state index in [9.17, 15) is 31.2 Å². The number of rotatable bonds is 3. The van der Waals surface area contributed by atoms with Gasteiger partial charge in [0.15, 0.2) is 0 Å². The number of alkyl halides is 3. The summed E-state index contributed by atoms with van der Waals surface area (Å²) in [6, 6.07) is 9.38. The lowest BCUT2D eigenvalue weighted by Gasteiger charge is -2.15. The number of nitrogens with zero attached hydrogens (tertiary/aromatic N) is 1. The Morgan fingerprint density at radius 1 is 1.14 bits per heavy atom. The molecule has 148 valence electrons. The minimum absolute atomic E-state index is 0.0324. The van der Waals surface area contributed by atoms with E-state index in [2.05, 4.69) is 5.32 Å². The Bertz CT molecular complexity index is 1030. The van der Waals surface area contributed by atoms with E-state index in [0.29, 0.717) is 4.31 Å². The highest BCUT2D eigenvalue weighted by Gasteiger charge is 2.41. The first kappa shape index (κ1) is 19.9. The fourth-order valence-corrected chi connectivity index (χ4v) is 4.63. The van der Waals surface area contributed by atoms with Crippen LogP contribution in [0.4, 0.5) is 24.5 Å². The molecule has 0 saturated carbocycles. The lowest BCUT2D eigenvalue weighted by Crippen LogP contribution is -2.30. The maximum absolute atomic E-state index is 12.7. The highest BCUT2D eigenvalue weighted by molar-refractivity contribution is 7.94. The molecule has 0 aliphatic carbocycles. The predicted molar refractivity (Wildman–Crippen MR) is 96.3 cm³/mol. The topological polar surface area (TPSA) is 83.6 Å². The van der Waals surface area contributed by atoms with Crippen molar-refractivity contribution in [3.63, 3.8) is 0 Å². The number of nitrogens with one attached hydrogen (secondary N) is 1. The molecule has 2 amide bonds. The SMILES string of the molecule is C[C@H]1CS(=O)(=O)N(c2ccc(C(=O)Nc3cccc(C(F)(F)F)c3)cc2)C1=O. The van der Waals surface area contributed by atoms with E-state index in [0.717, 1.165) is 12.1 Å². The molecule has 1 saturated heterocycles. The van der Waals surface area contributed by atoms with Crippen molar-refractivity contribution in [3.8, 4) is 0 Å². The van der Waals surface area contributed by atoms with Gasteiger partial charge in [0.05, 0.1) is 22.9 Å². The van der Waals surface area contributed by atoms with Crippen molar-refractivity contribution in [3.05, 3.63) is 59.7 Å². The van der Waals surface area contributed by atoms with Gasteiger partial charge in [0.1, 0.15) is 0 Å². The number of carbonyl (C=O) groups is 2. The Hall–Kier alpha value is -2.88. The van der Waals surface area contributed by atoms with Crippen LogP contribution in [0.1, 0.15) is 22.8 Å². The molecule has 1 fully saturated rings. The third-order valence-electron chi connectivity index (χ3n) is 4.17. The molecule has 1 aliphatic heterocycles. The Balaban J connectivity index is 1.79. The molecule has 2 aromatic rings. The maximum Gasteiger partial charge on any atom is 0.416 e. The summed E-state index contributed by atoms with van der Waals surface area (Å²) in [6.45, 7) is 1.51. The van der Waals surface area contributed by atoms with Crippen LogP contribution < -0.4 is 9.62 Å². The van der Waals surface area contributed by atoms with Crippen LogP contribution in [0.2, 0.25) is 0 Å². The molecule has 2 aromatic carbocycles. The highest BCUT2D eigenvalue weighted by atomic mass is 32.2. The fraction of sp³-hybridized carbons (Fsp3) is 0.222. The van der Waals surface area contributed by atoms with Gasteiger partial charge in [0, 0.05) is 11.3 Å². The number of halogens is 3. The van der Waals surface area contributed by atoms with E-state index in [-0.39, 0.29) is 22.7 Å². The Morgan fingerprint density at radius 3 is 2.32 bits per heavy atom. The molecule has 3 rings (SSSR count). The van der Waals surface area contributed by atoms with Crippen molar-refractivity contribution in [2.45, 2.75) is 13.1 Å². The minimum Gasteiger partial charge on any atom is -0.322 e. The van der Waals surface area contributed by atoms with Gasteiger partial charge in [-0.15, -0.1) is 0 Å². The summed E-state index contributed by atoms with van der Waals surface area (Å²) >= 11 is 0. The van der Waals surface area contributed by atoms with Gasteiger partial charge in [-0.25, -0.2) is 12.7 Å². The predicted octanol–water partition coefficient (Wildman–Crippen LogP) is 3.27. The number of benzene rings is 2. The second-order valence-corrected chi connectivity index (χ2v) is 8.22. The largest absolute Gasteiger partial charge is 0.416 e. The molecule has 1 N–H and O–H groups in total. The molecule has 1 aliphatic rings. The molecule has 0 spiro atoms. The summed E-state index contributed by atoms with van der Waals surface area (Å²) < 4.78 is 63.1. The standard InChI is InChI=1S/C18H15F3N2O4S/c1-11-10-28(26,27)23(17(11)25)15-7-5-12(6-8-15)16(24)22-14-4-2-3-13(9-14)18(19,20)21/h2-9,11H,10H2,1H3,(H,22,24)/t11-/m0/s1. The smallest absolute Gasteiger partial charge is 0.322 e. The number of hydrogen-bond acceptors (Lipinski definition) is 4. The van der Waals surface area contributed by atoms with Crippen LogP contribution in [0.3, 0.4) is 0 Å². The average molecular weight is 412 g/mol. The molecule has 10 heteroatoms. The summed E-state index contributed by atoms with van der Waals surface area (Å²) in [4.78, 5) is 24.3. The molecule has 1 atom stereocenters. The summed E-state index contributed by atoms with van der Waals surface area (Å²) in [7, 11) is -3.76. The summed E-state index contributed by atoms with van der Waals surface area (Å²) in [6.07, 6.45) is -4.53. The van der Waals surface area contributed by atoms with Gasteiger partial charge in [-0.2, -0.15) is 13.2 Å². The van der Waals surface area contributed by atoms with Crippen molar-refractivity contribution in [1.29, 1.82) is 0 Å². The van der Waals surface area contributed by atoms with Crippen molar-refractivity contribution < 1.29 is 31.2 Å². The summed E-state index contributed by atoms with van der Waals surface area (Å²) in [5.41, 5.74) is -0.731. The van der Waals surface area contributed by atoms with Gasteiger partial charge in [0.25, 0.3) is 5.91 Å².